The van der Waals surface area contributed by atoms with E-state index in [2.05, 4.69) is 17.4 Å². The van der Waals surface area contributed by atoms with Crippen molar-refractivity contribution in [1.29, 1.82) is 0 Å². The van der Waals surface area contributed by atoms with Crippen LogP contribution in [0.1, 0.15) is 31.7 Å². The van der Waals surface area contributed by atoms with E-state index < -0.39 is 0 Å². The average molecular weight is 274 g/mol. The van der Waals surface area contributed by atoms with Gasteiger partial charge in [0.2, 0.25) is 11.8 Å². The van der Waals surface area contributed by atoms with Gasteiger partial charge >= 0.3 is 0 Å². The third kappa shape index (κ3) is 5.03. The van der Waals surface area contributed by atoms with Crippen LogP contribution in [0.4, 0.5) is 0 Å². The first kappa shape index (κ1) is 14.6. The molecule has 4 nitrogen and oxygen atoms in total. The van der Waals surface area contributed by atoms with E-state index >= 15 is 0 Å². The Hall–Kier alpha value is -1.84. The molecule has 0 aromatic heterocycles. The highest BCUT2D eigenvalue weighted by atomic mass is 16.2. The van der Waals surface area contributed by atoms with Gasteiger partial charge in [-0.15, -0.1) is 0 Å². The summed E-state index contributed by atoms with van der Waals surface area (Å²) in [6.07, 6.45) is 3.40. The molecule has 4 heteroatoms. The fourth-order valence-corrected chi connectivity index (χ4v) is 2.10. The van der Waals surface area contributed by atoms with Gasteiger partial charge in [0.25, 0.3) is 0 Å². The summed E-state index contributed by atoms with van der Waals surface area (Å²) in [6, 6.07) is 10.5. The van der Waals surface area contributed by atoms with Gasteiger partial charge in [-0.25, -0.2) is 0 Å². The van der Waals surface area contributed by atoms with E-state index in [1.54, 1.807) is 11.8 Å². The quantitative estimate of drug-likeness (QED) is 0.823. The van der Waals surface area contributed by atoms with Crippen LogP contribution >= 0.6 is 0 Å². The number of benzene rings is 1. The third-order valence-electron chi connectivity index (χ3n) is 3.51. The summed E-state index contributed by atoms with van der Waals surface area (Å²) in [4.78, 5) is 25.0. The number of rotatable bonds is 7. The Morgan fingerprint density at radius 3 is 2.50 bits per heavy atom. The Morgan fingerprint density at radius 2 is 1.90 bits per heavy atom. The first-order valence-corrected chi connectivity index (χ1v) is 7.24. The molecule has 1 saturated carbocycles. The number of hydrogen-bond acceptors (Lipinski definition) is 2. The summed E-state index contributed by atoms with van der Waals surface area (Å²) in [5.41, 5.74) is 1.21. The van der Waals surface area contributed by atoms with E-state index in [4.69, 9.17) is 0 Å². The van der Waals surface area contributed by atoms with E-state index in [1.807, 2.05) is 18.2 Å². The van der Waals surface area contributed by atoms with E-state index in [-0.39, 0.29) is 11.8 Å². The molecule has 0 aliphatic heterocycles. The highest BCUT2D eigenvalue weighted by Crippen LogP contribution is 2.18. The summed E-state index contributed by atoms with van der Waals surface area (Å²) in [5.74, 6) is 0.0821. The lowest BCUT2D eigenvalue weighted by Crippen LogP contribution is -2.35. The average Bonchev–Trinajstić information content (AvgIpc) is 3.23. The van der Waals surface area contributed by atoms with Crippen LogP contribution in [0.15, 0.2) is 30.3 Å². The summed E-state index contributed by atoms with van der Waals surface area (Å²) in [5, 5.41) is 2.95. The Balaban J connectivity index is 1.74. The molecule has 0 atom stereocenters. The maximum absolute atomic E-state index is 11.6. The minimum absolute atomic E-state index is 0.0279. The van der Waals surface area contributed by atoms with Gasteiger partial charge in [-0.2, -0.15) is 0 Å². The van der Waals surface area contributed by atoms with Crippen LogP contribution in [0, 0.1) is 0 Å². The minimum Gasteiger partial charge on any atom is -0.353 e. The summed E-state index contributed by atoms with van der Waals surface area (Å²) in [7, 11) is 0. The number of hydrogen-bond donors (Lipinski definition) is 1. The molecule has 1 N–H and O–H groups in total. The summed E-state index contributed by atoms with van der Waals surface area (Å²) >= 11 is 0. The molecule has 1 aliphatic carbocycles. The van der Waals surface area contributed by atoms with Gasteiger partial charge in [0.05, 0.1) is 0 Å². The van der Waals surface area contributed by atoms with Crippen molar-refractivity contribution in [2.75, 3.05) is 13.1 Å². The zero-order valence-corrected chi connectivity index (χ0v) is 12.0. The van der Waals surface area contributed by atoms with Crippen molar-refractivity contribution in [1.82, 2.24) is 10.2 Å². The molecule has 20 heavy (non-hydrogen) atoms. The highest BCUT2D eigenvalue weighted by molar-refractivity contribution is 5.78. The molecule has 0 heterocycles. The summed E-state index contributed by atoms with van der Waals surface area (Å²) in [6.45, 7) is 2.72. The Labute approximate surface area is 120 Å². The molecular formula is C16H22N2O2. The molecule has 0 saturated heterocycles. The van der Waals surface area contributed by atoms with Crippen molar-refractivity contribution in [2.45, 2.75) is 38.6 Å². The largest absolute Gasteiger partial charge is 0.353 e. The van der Waals surface area contributed by atoms with Crippen molar-refractivity contribution in [3.8, 4) is 0 Å². The predicted molar refractivity (Wildman–Crippen MR) is 78.2 cm³/mol. The van der Waals surface area contributed by atoms with Gasteiger partial charge < -0.3 is 10.2 Å². The van der Waals surface area contributed by atoms with E-state index in [0.717, 1.165) is 19.3 Å². The number of nitrogens with zero attached hydrogens (tertiary/aromatic N) is 1. The molecule has 1 fully saturated rings. The summed E-state index contributed by atoms with van der Waals surface area (Å²) < 4.78 is 0. The lowest BCUT2D eigenvalue weighted by molar-refractivity contribution is -0.129. The van der Waals surface area contributed by atoms with Crippen LogP contribution in [0.25, 0.3) is 0 Å². The molecule has 0 unspecified atom stereocenters. The lowest BCUT2D eigenvalue weighted by Gasteiger charge is -2.20. The molecule has 0 spiro atoms. The fraction of sp³-hybridized carbons (Fsp3) is 0.500. The number of nitrogens with one attached hydrogen (secondary N) is 1. The van der Waals surface area contributed by atoms with Gasteiger partial charge in [-0.3, -0.25) is 9.59 Å². The second-order valence-corrected chi connectivity index (χ2v) is 5.33. The normalized spacial score (nSPS) is 13.8. The molecule has 1 aromatic carbocycles. The van der Waals surface area contributed by atoms with Gasteiger partial charge in [-0.05, 0) is 24.8 Å². The molecule has 2 rings (SSSR count). The third-order valence-corrected chi connectivity index (χ3v) is 3.51. The van der Waals surface area contributed by atoms with E-state index in [1.165, 1.54) is 5.56 Å². The Bertz CT molecular complexity index is 455. The zero-order valence-electron chi connectivity index (χ0n) is 12.0. The molecule has 2 amide bonds. The number of amides is 2. The molecule has 1 aliphatic rings. The smallest absolute Gasteiger partial charge is 0.221 e. The monoisotopic (exact) mass is 274 g/mol. The highest BCUT2D eigenvalue weighted by Gasteiger charge is 2.23. The number of carbonyl (C=O) groups excluding carboxylic acids is 2. The van der Waals surface area contributed by atoms with Crippen molar-refractivity contribution in [3.05, 3.63) is 35.9 Å². The number of carbonyl (C=O) groups is 2. The van der Waals surface area contributed by atoms with Crippen LogP contribution in [0.2, 0.25) is 0 Å². The van der Waals surface area contributed by atoms with Crippen molar-refractivity contribution in [2.24, 2.45) is 0 Å². The predicted octanol–water partition coefficient (Wildman–Crippen LogP) is 1.75. The van der Waals surface area contributed by atoms with Crippen LogP contribution < -0.4 is 5.32 Å². The maximum Gasteiger partial charge on any atom is 0.221 e. The van der Waals surface area contributed by atoms with Gasteiger partial charge in [0, 0.05) is 32.5 Å². The standard InChI is InChI=1S/C16H22N2O2/c1-13(19)18(11-9-14-5-3-2-4-6-14)12-10-16(20)17-15-7-8-15/h2-6,15H,7-12H2,1H3,(H,17,20). The molecular weight excluding hydrogens is 252 g/mol. The van der Waals surface area contributed by atoms with E-state index in [9.17, 15) is 9.59 Å². The molecule has 0 bridgehead atoms. The topological polar surface area (TPSA) is 49.4 Å². The van der Waals surface area contributed by atoms with Gasteiger partial charge in [0.15, 0.2) is 0 Å². The molecule has 108 valence electrons. The van der Waals surface area contributed by atoms with Crippen molar-refractivity contribution in [3.63, 3.8) is 0 Å². The van der Waals surface area contributed by atoms with E-state index in [0.29, 0.717) is 25.6 Å². The lowest BCUT2D eigenvalue weighted by atomic mass is 10.1. The van der Waals surface area contributed by atoms with Crippen LogP contribution in [0.3, 0.4) is 0 Å². The fourth-order valence-electron chi connectivity index (χ4n) is 2.10. The first-order valence-electron chi connectivity index (χ1n) is 7.24. The first-order chi connectivity index (χ1) is 9.65. The maximum atomic E-state index is 11.6. The van der Waals surface area contributed by atoms with Crippen LogP contribution in [-0.4, -0.2) is 35.8 Å². The Kier molecular flexibility index (Phi) is 5.16. The molecule has 1 aromatic rings. The van der Waals surface area contributed by atoms with Crippen LogP contribution in [0.5, 0.6) is 0 Å². The Morgan fingerprint density at radius 1 is 1.20 bits per heavy atom. The van der Waals surface area contributed by atoms with Gasteiger partial charge in [-0.1, -0.05) is 30.3 Å². The zero-order chi connectivity index (χ0) is 14.4. The van der Waals surface area contributed by atoms with Crippen LogP contribution in [-0.2, 0) is 16.0 Å². The van der Waals surface area contributed by atoms with Crippen molar-refractivity contribution >= 4 is 11.8 Å². The SMILES string of the molecule is CC(=O)N(CCC(=O)NC1CC1)CCc1ccccc1. The molecule has 0 radical (unpaired) electrons. The second-order valence-electron chi connectivity index (χ2n) is 5.33. The minimum atomic E-state index is 0.0279. The van der Waals surface area contributed by atoms with Gasteiger partial charge in [0.1, 0.15) is 0 Å². The second kappa shape index (κ2) is 7.08. The van der Waals surface area contributed by atoms with Crippen molar-refractivity contribution < 1.29 is 9.59 Å².